The average Bonchev–Trinajstić information content (AvgIpc) is 3.14. The predicted octanol–water partition coefficient (Wildman–Crippen LogP) is 2.15. The van der Waals surface area contributed by atoms with Gasteiger partial charge >= 0.3 is 0 Å². The molecule has 2 N–H and O–H groups in total. The average molecular weight is 289 g/mol. The summed E-state index contributed by atoms with van der Waals surface area (Å²) in [6.45, 7) is 0.492. The zero-order chi connectivity index (χ0) is 13.9. The number of rotatable bonds is 4. The zero-order valence-electron chi connectivity index (χ0n) is 10.8. The minimum Gasteiger partial charge on any atom is -0.492 e. The summed E-state index contributed by atoms with van der Waals surface area (Å²) in [4.78, 5) is 12.4. The van der Waals surface area contributed by atoms with E-state index in [1.165, 1.54) is 11.3 Å². The third-order valence-corrected chi connectivity index (χ3v) is 4.09. The molecule has 1 atom stereocenters. The highest BCUT2D eigenvalue weighted by Gasteiger charge is 2.22. The van der Waals surface area contributed by atoms with Gasteiger partial charge in [0.1, 0.15) is 5.75 Å². The minimum absolute atomic E-state index is 0.127. The Kier molecular flexibility index (Phi) is 3.71. The maximum absolute atomic E-state index is 12.4. The van der Waals surface area contributed by atoms with Gasteiger partial charge in [-0.2, -0.15) is 11.3 Å². The maximum Gasteiger partial charge on any atom is 0.255 e. The zero-order valence-corrected chi connectivity index (χ0v) is 11.7. The maximum atomic E-state index is 12.4. The smallest absolute Gasteiger partial charge is 0.255 e. The Bertz CT molecular complexity index is 610. The first kappa shape index (κ1) is 13.1. The number of nitrogens with one attached hydrogen (secondary N) is 1. The number of aliphatic hydroxyl groups excluding tert-OH is 1. The molecule has 2 aromatic rings. The molecule has 1 aliphatic heterocycles. The van der Waals surface area contributed by atoms with Crippen LogP contribution < -0.4 is 10.1 Å². The van der Waals surface area contributed by atoms with Crippen molar-refractivity contribution in [3.63, 3.8) is 0 Å². The molecule has 0 saturated heterocycles. The molecule has 0 bridgehead atoms. The van der Waals surface area contributed by atoms with Crippen LogP contribution in [0, 0.1) is 0 Å². The van der Waals surface area contributed by atoms with Gasteiger partial charge in [0, 0.05) is 6.42 Å². The van der Waals surface area contributed by atoms with Crippen molar-refractivity contribution in [1.29, 1.82) is 0 Å². The van der Waals surface area contributed by atoms with Crippen molar-refractivity contribution in [3.05, 3.63) is 51.7 Å². The van der Waals surface area contributed by atoms with Gasteiger partial charge in [-0.3, -0.25) is 4.79 Å². The van der Waals surface area contributed by atoms with Gasteiger partial charge < -0.3 is 15.2 Å². The van der Waals surface area contributed by atoms with Crippen molar-refractivity contribution < 1.29 is 14.6 Å². The van der Waals surface area contributed by atoms with Crippen molar-refractivity contribution >= 4 is 17.2 Å². The van der Waals surface area contributed by atoms with Gasteiger partial charge in [-0.05, 0) is 34.0 Å². The van der Waals surface area contributed by atoms with Crippen LogP contribution in [0.5, 0.6) is 5.75 Å². The molecule has 0 saturated carbocycles. The summed E-state index contributed by atoms with van der Waals surface area (Å²) in [5, 5.41) is 16.1. The lowest BCUT2D eigenvalue weighted by Crippen LogP contribution is -2.30. The number of aliphatic hydroxyl groups is 1. The number of thiophene rings is 1. The SMILES string of the molecule is O=C(NC(CO)c1ccsc1)c1cccc2c1OCC2. The summed E-state index contributed by atoms with van der Waals surface area (Å²) < 4.78 is 5.54. The van der Waals surface area contributed by atoms with Gasteiger partial charge in [0.2, 0.25) is 0 Å². The second-order valence-electron chi connectivity index (χ2n) is 4.66. The van der Waals surface area contributed by atoms with E-state index in [1.807, 2.05) is 29.0 Å². The van der Waals surface area contributed by atoms with E-state index >= 15 is 0 Å². The van der Waals surface area contributed by atoms with E-state index in [0.717, 1.165) is 17.5 Å². The van der Waals surface area contributed by atoms with Crippen LogP contribution in [-0.2, 0) is 6.42 Å². The fourth-order valence-electron chi connectivity index (χ4n) is 2.34. The quantitative estimate of drug-likeness (QED) is 0.906. The number of benzene rings is 1. The molecule has 20 heavy (non-hydrogen) atoms. The van der Waals surface area contributed by atoms with Crippen molar-refractivity contribution in [2.24, 2.45) is 0 Å². The first-order valence-corrected chi connectivity index (χ1v) is 7.42. The third kappa shape index (κ3) is 2.42. The van der Waals surface area contributed by atoms with Crippen LogP contribution in [-0.4, -0.2) is 24.2 Å². The van der Waals surface area contributed by atoms with Crippen LogP contribution in [0.3, 0.4) is 0 Å². The van der Waals surface area contributed by atoms with Crippen molar-refractivity contribution in [2.45, 2.75) is 12.5 Å². The molecule has 3 rings (SSSR count). The molecule has 1 unspecified atom stereocenters. The summed E-state index contributed by atoms with van der Waals surface area (Å²) >= 11 is 1.54. The minimum atomic E-state index is -0.383. The summed E-state index contributed by atoms with van der Waals surface area (Å²) in [5.74, 6) is 0.459. The highest BCUT2D eigenvalue weighted by atomic mass is 32.1. The van der Waals surface area contributed by atoms with E-state index in [0.29, 0.717) is 17.9 Å². The second kappa shape index (κ2) is 5.64. The molecular weight excluding hydrogens is 274 g/mol. The Balaban J connectivity index is 1.81. The molecule has 0 aliphatic carbocycles. The fraction of sp³-hybridized carbons (Fsp3) is 0.267. The normalized spacial score (nSPS) is 14.4. The number of carbonyl (C=O) groups excluding carboxylic acids is 1. The summed E-state index contributed by atoms with van der Waals surface area (Å²) in [5.41, 5.74) is 2.52. The largest absolute Gasteiger partial charge is 0.492 e. The second-order valence-corrected chi connectivity index (χ2v) is 5.44. The van der Waals surface area contributed by atoms with E-state index in [9.17, 15) is 9.90 Å². The number of carbonyl (C=O) groups is 1. The number of ether oxygens (including phenoxy) is 1. The van der Waals surface area contributed by atoms with Crippen LogP contribution in [0.25, 0.3) is 0 Å². The molecule has 0 fully saturated rings. The molecule has 5 heteroatoms. The van der Waals surface area contributed by atoms with Gasteiger partial charge in [0.25, 0.3) is 5.91 Å². The Morgan fingerprint density at radius 3 is 3.10 bits per heavy atom. The van der Waals surface area contributed by atoms with Crippen LogP contribution in [0.4, 0.5) is 0 Å². The lowest BCUT2D eigenvalue weighted by molar-refractivity contribution is 0.0913. The van der Waals surface area contributed by atoms with Crippen molar-refractivity contribution in [3.8, 4) is 5.75 Å². The molecule has 2 heterocycles. The molecule has 1 aromatic heterocycles. The van der Waals surface area contributed by atoms with Gasteiger partial charge in [-0.15, -0.1) is 0 Å². The Morgan fingerprint density at radius 2 is 2.35 bits per heavy atom. The van der Waals surface area contributed by atoms with E-state index < -0.39 is 0 Å². The lowest BCUT2D eigenvalue weighted by atomic mass is 10.1. The first-order chi connectivity index (χ1) is 9.79. The molecule has 1 aliphatic rings. The number of para-hydroxylation sites is 1. The van der Waals surface area contributed by atoms with Crippen LogP contribution in [0.15, 0.2) is 35.0 Å². The monoisotopic (exact) mass is 289 g/mol. The van der Waals surface area contributed by atoms with E-state index in [1.54, 1.807) is 6.07 Å². The lowest BCUT2D eigenvalue weighted by Gasteiger charge is -2.16. The molecule has 1 aromatic carbocycles. The van der Waals surface area contributed by atoms with E-state index in [2.05, 4.69) is 5.32 Å². The highest BCUT2D eigenvalue weighted by molar-refractivity contribution is 7.07. The Morgan fingerprint density at radius 1 is 1.45 bits per heavy atom. The van der Waals surface area contributed by atoms with Gasteiger partial charge in [-0.1, -0.05) is 12.1 Å². The third-order valence-electron chi connectivity index (χ3n) is 3.39. The van der Waals surface area contributed by atoms with Gasteiger partial charge in [0.05, 0.1) is 24.8 Å². The molecule has 1 amide bonds. The molecule has 0 spiro atoms. The Labute approximate surface area is 121 Å². The molecular formula is C15H15NO3S. The van der Waals surface area contributed by atoms with E-state index in [-0.39, 0.29) is 18.6 Å². The summed E-state index contributed by atoms with van der Waals surface area (Å²) in [6, 6.07) is 7.10. The summed E-state index contributed by atoms with van der Waals surface area (Å²) in [6.07, 6.45) is 0.838. The molecule has 0 radical (unpaired) electrons. The first-order valence-electron chi connectivity index (χ1n) is 6.48. The Hall–Kier alpha value is -1.85. The number of amides is 1. The highest BCUT2D eigenvalue weighted by Crippen LogP contribution is 2.29. The fourth-order valence-corrected chi connectivity index (χ4v) is 3.05. The van der Waals surface area contributed by atoms with Crippen molar-refractivity contribution in [2.75, 3.05) is 13.2 Å². The van der Waals surface area contributed by atoms with Gasteiger partial charge in [0.15, 0.2) is 0 Å². The van der Waals surface area contributed by atoms with E-state index in [4.69, 9.17) is 4.74 Å². The molecule has 104 valence electrons. The van der Waals surface area contributed by atoms with Crippen LogP contribution in [0.2, 0.25) is 0 Å². The number of fused-ring (bicyclic) bond motifs is 1. The van der Waals surface area contributed by atoms with Crippen LogP contribution in [0.1, 0.15) is 27.5 Å². The standard InChI is InChI=1S/C15H15NO3S/c17-8-13(11-5-7-20-9-11)16-15(18)12-3-1-2-10-4-6-19-14(10)12/h1-3,5,7,9,13,17H,4,6,8H2,(H,16,18). The number of hydrogen-bond donors (Lipinski definition) is 2. The van der Waals surface area contributed by atoms with Crippen molar-refractivity contribution in [1.82, 2.24) is 5.32 Å². The molecule has 4 nitrogen and oxygen atoms in total. The number of hydrogen-bond acceptors (Lipinski definition) is 4. The summed E-state index contributed by atoms with van der Waals surface area (Å²) in [7, 11) is 0. The van der Waals surface area contributed by atoms with Crippen LogP contribution >= 0.6 is 11.3 Å². The topological polar surface area (TPSA) is 58.6 Å². The van der Waals surface area contributed by atoms with Gasteiger partial charge in [-0.25, -0.2) is 0 Å². The predicted molar refractivity (Wildman–Crippen MR) is 77.3 cm³/mol.